The molecule has 0 aliphatic carbocycles. The fourth-order valence-corrected chi connectivity index (χ4v) is 11.7. The van der Waals surface area contributed by atoms with Crippen LogP contribution in [0.3, 0.4) is 0 Å². The van der Waals surface area contributed by atoms with Crippen LogP contribution in [0.15, 0.2) is 0 Å². The molecule has 0 spiro atoms. The van der Waals surface area contributed by atoms with Gasteiger partial charge in [0.15, 0.2) is 6.10 Å². The van der Waals surface area contributed by atoms with Crippen LogP contribution >= 0.6 is 0 Å². The van der Waals surface area contributed by atoms with Crippen LogP contribution < -0.4 is 0 Å². The second kappa shape index (κ2) is 69.2. The van der Waals surface area contributed by atoms with Crippen molar-refractivity contribution >= 4 is 11.9 Å². The van der Waals surface area contributed by atoms with Gasteiger partial charge >= 0.3 is 11.9 Å². The standard InChI is InChI=1S/C72H142O5/c1-3-5-7-9-11-13-15-17-19-21-23-25-27-29-31-33-34-35-36-37-39-41-43-45-47-49-51-53-55-57-59-61-63-65-67-72(75)77-70(68-73)69-76-71(74)66-64-62-60-58-56-54-52-50-48-46-44-42-40-38-32-30-28-26-24-22-20-18-16-14-12-10-8-6-4-2/h70,73H,3-69H2,1-2H3. The Balaban J connectivity index is 3.34. The van der Waals surface area contributed by atoms with Crippen LogP contribution in [0.25, 0.3) is 0 Å². The van der Waals surface area contributed by atoms with Gasteiger partial charge in [-0.15, -0.1) is 0 Å². The second-order valence-electron chi connectivity index (χ2n) is 25.0. The minimum Gasteiger partial charge on any atom is -0.462 e. The molecule has 1 unspecified atom stereocenters. The molecule has 0 aliphatic rings. The Morgan fingerprint density at radius 2 is 0.403 bits per heavy atom. The summed E-state index contributed by atoms with van der Waals surface area (Å²) >= 11 is 0. The summed E-state index contributed by atoms with van der Waals surface area (Å²) < 4.78 is 10.8. The van der Waals surface area contributed by atoms with E-state index >= 15 is 0 Å². The zero-order chi connectivity index (χ0) is 55.5. The number of ether oxygens (including phenoxy) is 2. The zero-order valence-electron chi connectivity index (χ0n) is 53.0. The molecule has 1 atom stereocenters. The first-order valence-corrected chi connectivity index (χ1v) is 36.1. The second-order valence-corrected chi connectivity index (χ2v) is 25.0. The molecule has 0 radical (unpaired) electrons. The van der Waals surface area contributed by atoms with E-state index in [-0.39, 0.29) is 25.2 Å². The predicted molar refractivity (Wildman–Crippen MR) is 339 cm³/mol. The molecule has 0 saturated carbocycles. The van der Waals surface area contributed by atoms with Crippen molar-refractivity contribution in [2.75, 3.05) is 13.2 Å². The largest absolute Gasteiger partial charge is 0.462 e. The Morgan fingerprint density at radius 1 is 0.247 bits per heavy atom. The average molecular weight is 1090 g/mol. The van der Waals surface area contributed by atoms with Crippen LogP contribution in [0.2, 0.25) is 0 Å². The highest BCUT2D eigenvalue weighted by molar-refractivity contribution is 5.70. The zero-order valence-corrected chi connectivity index (χ0v) is 53.0. The highest BCUT2D eigenvalue weighted by Crippen LogP contribution is 2.20. The molecule has 5 nitrogen and oxygen atoms in total. The molecule has 1 N–H and O–H groups in total. The van der Waals surface area contributed by atoms with Crippen molar-refractivity contribution in [3.05, 3.63) is 0 Å². The van der Waals surface area contributed by atoms with E-state index in [1.54, 1.807) is 0 Å². The third-order valence-corrected chi connectivity index (χ3v) is 17.2. The van der Waals surface area contributed by atoms with Gasteiger partial charge in [0.05, 0.1) is 6.61 Å². The van der Waals surface area contributed by atoms with Crippen LogP contribution in [0.4, 0.5) is 0 Å². The lowest BCUT2D eigenvalue weighted by Gasteiger charge is -2.15. The molecular formula is C72H142O5. The minimum absolute atomic E-state index is 0.0552. The van der Waals surface area contributed by atoms with Crippen molar-refractivity contribution in [3.63, 3.8) is 0 Å². The molecular weight excluding hydrogens is 945 g/mol. The number of rotatable bonds is 69. The first kappa shape index (κ1) is 75.9. The van der Waals surface area contributed by atoms with Gasteiger partial charge < -0.3 is 14.6 Å². The van der Waals surface area contributed by atoms with Gasteiger partial charge in [-0.3, -0.25) is 9.59 Å². The summed E-state index contributed by atoms with van der Waals surface area (Å²) in [5.41, 5.74) is 0. The Morgan fingerprint density at radius 3 is 0.571 bits per heavy atom. The SMILES string of the molecule is CCCCCCCCCCCCCCCCCCCCCCCCCCCCCCCCCCCCC(=O)OC(CO)COC(=O)CCCCCCCCCCCCCCCCCCCCCCCCCCCCCCC. The van der Waals surface area contributed by atoms with E-state index < -0.39 is 6.10 Å². The lowest BCUT2D eigenvalue weighted by molar-refractivity contribution is -0.161. The van der Waals surface area contributed by atoms with E-state index in [1.165, 1.54) is 372 Å². The molecule has 0 saturated heterocycles. The number of unbranched alkanes of at least 4 members (excludes halogenated alkanes) is 61. The molecule has 5 heteroatoms. The van der Waals surface area contributed by atoms with Crippen LogP contribution in [0, 0.1) is 0 Å². The number of aliphatic hydroxyl groups is 1. The van der Waals surface area contributed by atoms with E-state index in [0.717, 1.165) is 32.1 Å². The molecule has 0 heterocycles. The topological polar surface area (TPSA) is 72.8 Å². The van der Waals surface area contributed by atoms with Gasteiger partial charge in [0, 0.05) is 12.8 Å². The minimum atomic E-state index is -0.766. The van der Waals surface area contributed by atoms with Crippen LogP contribution in [0.1, 0.15) is 431 Å². The van der Waals surface area contributed by atoms with Crippen molar-refractivity contribution in [2.24, 2.45) is 0 Å². The molecule has 0 aromatic carbocycles. The monoisotopic (exact) mass is 1090 g/mol. The summed E-state index contributed by atoms with van der Waals surface area (Å²) in [4.78, 5) is 24.7. The lowest BCUT2D eigenvalue weighted by atomic mass is 10.0. The average Bonchev–Trinajstić information content (AvgIpc) is 3.43. The Bertz CT molecular complexity index is 1090. The number of hydrogen-bond donors (Lipinski definition) is 1. The van der Waals surface area contributed by atoms with Crippen molar-refractivity contribution in [1.29, 1.82) is 0 Å². The maximum absolute atomic E-state index is 12.4. The Hall–Kier alpha value is -1.10. The molecule has 0 amide bonds. The predicted octanol–water partition coefficient (Wildman–Crippen LogP) is 24.8. The molecule has 0 aromatic rings. The molecule has 0 aromatic heterocycles. The summed E-state index contributed by atoms with van der Waals surface area (Å²) in [5.74, 6) is -0.557. The fourth-order valence-electron chi connectivity index (χ4n) is 11.7. The van der Waals surface area contributed by atoms with Gasteiger partial charge in [-0.05, 0) is 12.8 Å². The van der Waals surface area contributed by atoms with Crippen LogP contribution in [0.5, 0.6) is 0 Å². The maximum Gasteiger partial charge on any atom is 0.306 e. The fraction of sp³-hybridized carbons (Fsp3) is 0.972. The first-order valence-electron chi connectivity index (χ1n) is 36.1. The number of hydrogen-bond acceptors (Lipinski definition) is 5. The van der Waals surface area contributed by atoms with Crippen molar-refractivity contribution < 1.29 is 24.2 Å². The Kier molecular flexibility index (Phi) is 68.2. The molecule has 0 rings (SSSR count). The molecule has 0 bridgehead atoms. The third kappa shape index (κ3) is 67.3. The summed E-state index contributed by atoms with van der Waals surface area (Å²) in [7, 11) is 0. The number of carbonyl (C=O) groups is 2. The number of carbonyl (C=O) groups excluding carboxylic acids is 2. The van der Waals surface area contributed by atoms with Gasteiger partial charge in [0.25, 0.3) is 0 Å². The highest BCUT2D eigenvalue weighted by Gasteiger charge is 2.16. The van der Waals surface area contributed by atoms with Crippen LogP contribution in [-0.4, -0.2) is 36.4 Å². The molecule has 77 heavy (non-hydrogen) atoms. The van der Waals surface area contributed by atoms with E-state index in [0.29, 0.717) is 12.8 Å². The molecule has 0 fully saturated rings. The van der Waals surface area contributed by atoms with Gasteiger partial charge in [-0.1, -0.05) is 406 Å². The van der Waals surface area contributed by atoms with E-state index in [9.17, 15) is 14.7 Å². The van der Waals surface area contributed by atoms with Gasteiger partial charge in [0.1, 0.15) is 6.61 Å². The van der Waals surface area contributed by atoms with Gasteiger partial charge in [0.2, 0.25) is 0 Å². The summed E-state index contributed by atoms with van der Waals surface area (Å²) in [6, 6.07) is 0. The molecule has 460 valence electrons. The van der Waals surface area contributed by atoms with E-state index in [2.05, 4.69) is 13.8 Å². The summed E-state index contributed by atoms with van der Waals surface area (Å²) in [6.45, 7) is 4.23. The van der Waals surface area contributed by atoms with Crippen molar-refractivity contribution in [2.45, 2.75) is 437 Å². The van der Waals surface area contributed by atoms with Crippen molar-refractivity contribution in [1.82, 2.24) is 0 Å². The van der Waals surface area contributed by atoms with E-state index in [1.807, 2.05) is 0 Å². The lowest BCUT2D eigenvalue weighted by Crippen LogP contribution is -2.28. The summed E-state index contributed by atoms with van der Waals surface area (Å²) in [5, 5.41) is 9.70. The number of esters is 2. The quantitative estimate of drug-likeness (QED) is 0.0485. The Labute approximate surface area is 484 Å². The van der Waals surface area contributed by atoms with Crippen LogP contribution in [-0.2, 0) is 19.1 Å². The summed E-state index contributed by atoms with van der Waals surface area (Å²) in [6.07, 6.45) is 87.4. The van der Waals surface area contributed by atoms with E-state index in [4.69, 9.17) is 9.47 Å². The smallest absolute Gasteiger partial charge is 0.306 e. The van der Waals surface area contributed by atoms with Crippen molar-refractivity contribution in [3.8, 4) is 0 Å². The normalized spacial score (nSPS) is 12.0. The first-order chi connectivity index (χ1) is 38.1. The maximum atomic E-state index is 12.4. The highest BCUT2D eigenvalue weighted by atomic mass is 16.6. The van der Waals surface area contributed by atoms with Gasteiger partial charge in [-0.2, -0.15) is 0 Å². The van der Waals surface area contributed by atoms with Gasteiger partial charge in [-0.25, -0.2) is 0 Å². The number of aliphatic hydroxyl groups excluding tert-OH is 1. The molecule has 0 aliphatic heterocycles. The third-order valence-electron chi connectivity index (χ3n) is 17.2.